The second-order valence-electron chi connectivity index (χ2n) is 8.64. The van der Waals surface area contributed by atoms with Crippen LogP contribution >= 0.6 is 0 Å². The van der Waals surface area contributed by atoms with Crippen molar-refractivity contribution < 1.29 is 33.8 Å². The lowest BCUT2D eigenvalue weighted by Crippen LogP contribution is -2.54. The number of nitrogens with one attached hydrogen (secondary N) is 2. The number of carbonyl (C=O) groups excluding carboxylic acids is 3. The number of carboxylic acid groups (broad SMARTS) is 1. The minimum Gasteiger partial charge on any atom is -0.481 e. The first-order valence-electron chi connectivity index (χ1n) is 12.0. The van der Waals surface area contributed by atoms with Gasteiger partial charge < -0.3 is 19.9 Å². The average molecular weight is 504 g/mol. The van der Waals surface area contributed by atoms with Crippen molar-refractivity contribution in [1.82, 2.24) is 15.1 Å². The Morgan fingerprint density at radius 3 is 2.42 bits per heavy atom. The van der Waals surface area contributed by atoms with Crippen molar-refractivity contribution in [3.8, 4) is 0 Å². The molecule has 2 amide bonds. The van der Waals surface area contributed by atoms with Gasteiger partial charge in [-0.05, 0) is 31.2 Å². The molecular weight excluding hydrogens is 470 g/mol. The molecule has 36 heavy (non-hydrogen) atoms. The Hall–Kier alpha value is -3.51. The maximum Gasteiger partial charge on any atom is 0.414 e. The lowest BCUT2D eigenvalue weighted by Gasteiger charge is -2.38. The summed E-state index contributed by atoms with van der Waals surface area (Å²) in [6.07, 6.45) is -0.822. The number of piperazine rings is 1. The molecule has 0 aliphatic carbocycles. The molecule has 12 nitrogen and oxygen atoms in total. The van der Waals surface area contributed by atoms with Gasteiger partial charge in [0, 0.05) is 50.4 Å². The summed E-state index contributed by atoms with van der Waals surface area (Å²) in [6.45, 7) is 6.68. The molecule has 1 aromatic rings. The van der Waals surface area contributed by atoms with E-state index in [4.69, 9.17) is 14.9 Å². The number of hydrogen-bond acceptors (Lipinski definition) is 9. The number of amides is 2. The van der Waals surface area contributed by atoms with Gasteiger partial charge in [0.15, 0.2) is 0 Å². The first-order valence-corrected chi connectivity index (χ1v) is 12.0. The zero-order valence-corrected chi connectivity index (χ0v) is 20.6. The summed E-state index contributed by atoms with van der Waals surface area (Å²) >= 11 is 0. The number of cyclic esters (lactones) is 1. The Kier molecular flexibility index (Phi) is 9.37. The number of carboxylic acids is 1. The van der Waals surface area contributed by atoms with Gasteiger partial charge in [-0.15, -0.1) is 0 Å². The largest absolute Gasteiger partial charge is 0.481 e. The molecule has 2 atom stereocenters. The van der Waals surface area contributed by atoms with E-state index in [2.05, 4.69) is 10.2 Å². The summed E-state index contributed by atoms with van der Waals surface area (Å²) in [4.78, 5) is 52.9. The Balaban J connectivity index is 1.52. The molecule has 2 fully saturated rings. The number of ether oxygens (including phenoxy) is 2. The van der Waals surface area contributed by atoms with Crippen molar-refractivity contribution in [3.05, 3.63) is 29.8 Å². The summed E-state index contributed by atoms with van der Waals surface area (Å²) in [5.41, 5.74) is 1.17. The van der Waals surface area contributed by atoms with Gasteiger partial charge in [0.25, 0.3) is 0 Å². The van der Waals surface area contributed by atoms with Gasteiger partial charge in [0.1, 0.15) is 18.0 Å². The molecule has 2 aliphatic heterocycles. The fourth-order valence-electron chi connectivity index (χ4n) is 4.25. The average Bonchev–Trinajstić information content (AvgIpc) is 3.22. The fourth-order valence-corrected chi connectivity index (χ4v) is 4.25. The number of hydrogen-bond donors (Lipinski definition) is 3. The molecule has 0 saturated carbocycles. The van der Waals surface area contributed by atoms with E-state index >= 15 is 0 Å². The lowest BCUT2D eigenvalue weighted by molar-refractivity contribution is -0.155. The lowest BCUT2D eigenvalue weighted by atomic mass is 10.1. The number of anilines is 1. The van der Waals surface area contributed by atoms with Gasteiger partial charge >= 0.3 is 18.0 Å². The molecule has 0 bridgehead atoms. The van der Waals surface area contributed by atoms with E-state index in [1.165, 1.54) is 4.90 Å². The molecule has 2 heterocycles. The van der Waals surface area contributed by atoms with Gasteiger partial charge in [-0.25, -0.2) is 4.79 Å². The molecule has 0 spiro atoms. The van der Waals surface area contributed by atoms with Crippen LogP contribution in [0.15, 0.2) is 24.3 Å². The van der Waals surface area contributed by atoms with E-state index in [0.717, 1.165) is 0 Å². The zero-order chi connectivity index (χ0) is 26.2. The molecule has 3 N–H and O–H groups in total. The van der Waals surface area contributed by atoms with Gasteiger partial charge in [-0.1, -0.05) is 6.92 Å². The maximum atomic E-state index is 12.5. The molecule has 1 aromatic carbocycles. The number of aliphatic carboxylic acids is 1. The number of amidine groups is 1. The molecule has 2 aliphatic rings. The Bertz CT molecular complexity index is 976. The topological polar surface area (TPSA) is 153 Å². The smallest absolute Gasteiger partial charge is 0.414 e. The minimum atomic E-state index is -1.05. The highest BCUT2D eigenvalue weighted by Gasteiger charge is 2.36. The van der Waals surface area contributed by atoms with E-state index in [-0.39, 0.29) is 37.3 Å². The molecule has 0 radical (unpaired) electrons. The van der Waals surface area contributed by atoms with Gasteiger partial charge in [-0.3, -0.25) is 34.5 Å². The van der Waals surface area contributed by atoms with E-state index in [1.807, 2.05) is 4.90 Å². The van der Waals surface area contributed by atoms with Crippen LogP contribution in [-0.4, -0.2) is 103 Å². The van der Waals surface area contributed by atoms with Crippen LogP contribution in [0.4, 0.5) is 10.5 Å². The van der Waals surface area contributed by atoms with E-state index in [9.17, 15) is 24.3 Å². The Labute approximate surface area is 209 Å². The molecule has 196 valence electrons. The standard InChI is InChI=1S/C24H33N5O7/c1-3-20(30)26-22(25)16-5-7-17(8-6-16)29-15-18(36-24(29)34)14-27-9-11-28(12-10-27)19(13-21(31)32)23(33)35-4-2/h5-8,18-19H,3-4,9-15H2,1-2H3,(H,31,32)(H2,25,26,30). The second kappa shape index (κ2) is 12.5. The summed E-state index contributed by atoms with van der Waals surface area (Å²) in [7, 11) is 0. The molecule has 2 saturated heterocycles. The van der Waals surface area contributed by atoms with Gasteiger partial charge in [0.2, 0.25) is 5.91 Å². The van der Waals surface area contributed by atoms with Crippen molar-refractivity contribution >= 4 is 35.5 Å². The van der Waals surface area contributed by atoms with Crippen LogP contribution in [0.5, 0.6) is 0 Å². The Morgan fingerprint density at radius 2 is 1.83 bits per heavy atom. The number of carbonyl (C=O) groups is 4. The van der Waals surface area contributed by atoms with Crippen LogP contribution in [-0.2, 0) is 23.9 Å². The van der Waals surface area contributed by atoms with E-state index in [1.54, 1.807) is 38.1 Å². The van der Waals surface area contributed by atoms with Gasteiger partial charge in [0.05, 0.1) is 19.6 Å². The van der Waals surface area contributed by atoms with Crippen LogP contribution in [0, 0.1) is 5.41 Å². The van der Waals surface area contributed by atoms with E-state index < -0.39 is 24.1 Å². The minimum absolute atomic E-state index is 0.00275. The SMILES string of the molecule is CCOC(=O)C(CC(=O)O)N1CCN(CC2CN(c3ccc(C(=N)NC(=O)CC)cc3)C(=O)O2)CC1. The maximum absolute atomic E-state index is 12.5. The quantitative estimate of drug-likeness (QED) is 0.240. The highest BCUT2D eigenvalue weighted by atomic mass is 16.6. The predicted octanol–water partition coefficient (Wildman–Crippen LogP) is 0.887. The van der Waals surface area contributed by atoms with Crippen molar-refractivity contribution in [2.75, 3.05) is 50.8 Å². The normalized spacial score (nSPS) is 19.4. The van der Waals surface area contributed by atoms with Crippen LogP contribution < -0.4 is 10.2 Å². The van der Waals surface area contributed by atoms with Crippen molar-refractivity contribution in [3.63, 3.8) is 0 Å². The fraction of sp³-hybridized carbons (Fsp3) is 0.542. The summed E-state index contributed by atoms with van der Waals surface area (Å²) in [5.74, 6) is -1.82. The van der Waals surface area contributed by atoms with Gasteiger partial charge in [-0.2, -0.15) is 0 Å². The molecular formula is C24H33N5O7. The number of esters is 1. The third-order valence-corrected chi connectivity index (χ3v) is 6.16. The van der Waals surface area contributed by atoms with Crippen LogP contribution in [0.3, 0.4) is 0 Å². The molecule has 3 rings (SSSR count). The second-order valence-corrected chi connectivity index (χ2v) is 8.64. The number of nitrogens with zero attached hydrogens (tertiary/aromatic N) is 3. The van der Waals surface area contributed by atoms with E-state index in [0.29, 0.717) is 50.5 Å². The predicted molar refractivity (Wildman–Crippen MR) is 130 cm³/mol. The zero-order valence-electron chi connectivity index (χ0n) is 20.6. The number of rotatable bonds is 10. The van der Waals surface area contributed by atoms with Crippen molar-refractivity contribution in [2.45, 2.75) is 38.8 Å². The third-order valence-electron chi connectivity index (χ3n) is 6.16. The number of benzene rings is 1. The first-order chi connectivity index (χ1) is 17.2. The molecule has 2 unspecified atom stereocenters. The van der Waals surface area contributed by atoms with Crippen LogP contribution in [0.2, 0.25) is 0 Å². The highest BCUT2D eigenvalue weighted by molar-refractivity contribution is 6.06. The molecule has 12 heteroatoms. The monoisotopic (exact) mass is 503 g/mol. The van der Waals surface area contributed by atoms with Crippen LogP contribution in [0.1, 0.15) is 32.3 Å². The van der Waals surface area contributed by atoms with Crippen LogP contribution in [0.25, 0.3) is 0 Å². The first kappa shape index (κ1) is 27.1. The third kappa shape index (κ3) is 7.01. The Morgan fingerprint density at radius 1 is 1.17 bits per heavy atom. The summed E-state index contributed by atoms with van der Waals surface area (Å²) in [6, 6.07) is 5.95. The summed E-state index contributed by atoms with van der Waals surface area (Å²) in [5, 5.41) is 19.7. The van der Waals surface area contributed by atoms with Crippen molar-refractivity contribution in [1.29, 1.82) is 5.41 Å². The molecule has 0 aromatic heterocycles. The highest BCUT2D eigenvalue weighted by Crippen LogP contribution is 2.23. The summed E-state index contributed by atoms with van der Waals surface area (Å²) < 4.78 is 10.6. The van der Waals surface area contributed by atoms with Crippen molar-refractivity contribution in [2.24, 2.45) is 0 Å².